The van der Waals surface area contributed by atoms with Gasteiger partial charge in [-0.2, -0.15) is 5.10 Å². The molecule has 5 rings (SSSR count). The largest absolute Gasteiger partial charge is 0.497 e. The zero-order valence-electron chi connectivity index (χ0n) is 20.2. The van der Waals surface area contributed by atoms with Crippen LogP contribution in [0.15, 0.2) is 53.9 Å². The molecule has 1 fully saturated rings. The molecule has 10 heteroatoms. The summed E-state index contributed by atoms with van der Waals surface area (Å²) in [4.78, 5) is 17.0. The van der Waals surface area contributed by atoms with E-state index >= 15 is 0 Å². The van der Waals surface area contributed by atoms with Crippen molar-refractivity contribution in [2.45, 2.75) is 6.54 Å². The molecule has 1 saturated heterocycles. The molecule has 4 aromatic rings. The smallest absolute Gasteiger partial charge is 0.160 e. The SMILES string of the molecule is COc1cc(/N=c2\ccc3ncc(-c4cnn(C)c4)nc3n2CCN2CCOCC2)cc(OC)c1. The molecular formula is C25H29N7O3. The van der Waals surface area contributed by atoms with Gasteiger partial charge in [-0.15, -0.1) is 0 Å². The third-order valence-electron chi connectivity index (χ3n) is 6.03. The number of ether oxygens (including phenoxy) is 3. The minimum Gasteiger partial charge on any atom is -0.497 e. The van der Waals surface area contributed by atoms with E-state index in [-0.39, 0.29) is 0 Å². The summed E-state index contributed by atoms with van der Waals surface area (Å²) in [6, 6.07) is 9.54. The van der Waals surface area contributed by atoms with Crippen molar-refractivity contribution in [3.05, 3.63) is 54.4 Å². The highest BCUT2D eigenvalue weighted by Crippen LogP contribution is 2.27. The number of fused-ring (bicyclic) bond motifs is 1. The van der Waals surface area contributed by atoms with Gasteiger partial charge in [-0.3, -0.25) is 14.6 Å². The Morgan fingerprint density at radius 3 is 2.46 bits per heavy atom. The van der Waals surface area contributed by atoms with Crippen LogP contribution in [-0.4, -0.2) is 76.3 Å². The molecule has 182 valence electrons. The number of pyridine rings is 1. The first kappa shape index (κ1) is 23.0. The minimum atomic E-state index is 0.683. The third-order valence-corrected chi connectivity index (χ3v) is 6.03. The molecule has 0 spiro atoms. The van der Waals surface area contributed by atoms with Gasteiger partial charge >= 0.3 is 0 Å². The zero-order chi connectivity index (χ0) is 24.2. The Morgan fingerprint density at radius 2 is 1.77 bits per heavy atom. The first-order chi connectivity index (χ1) is 17.1. The first-order valence-electron chi connectivity index (χ1n) is 11.6. The van der Waals surface area contributed by atoms with Crippen LogP contribution in [0.2, 0.25) is 0 Å². The van der Waals surface area contributed by atoms with E-state index in [0.29, 0.717) is 18.0 Å². The van der Waals surface area contributed by atoms with E-state index < -0.39 is 0 Å². The third kappa shape index (κ3) is 5.18. The number of benzene rings is 1. The van der Waals surface area contributed by atoms with Crippen LogP contribution in [0, 0.1) is 0 Å². The second-order valence-corrected chi connectivity index (χ2v) is 8.35. The van der Waals surface area contributed by atoms with Gasteiger partial charge in [0.2, 0.25) is 0 Å². The molecule has 1 aliphatic rings. The van der Waals surface area contributed by atoms with E-state index in [9.17, 15) is 0 Å². The van der Waals surface area contributed by atoms with Crippen molar-refractivity contribution in [1.29, 1.82) is 0 Å². The van der Waals surface area contributed by atoms with E-state index in [2.05, 4.69) is 19.5 Å². The Balaban J connectivity index is 1.63. The van der Waals surface area contributed by atoms with Crippen molar-refractivity contribution in [2.24, 2.45) is 12.0 Å². The maximum absolute atomic E-state index is 5.51. The topological polar surface area (TPSA) is 91.8 Å². The standard InChI is InChI=1S/C25H29N7O3/c1-30-17-18(15-27-30)23-16-26-22-4-5-24(28-19-12-20(33-2)14-21(13-19)34-3)32(25(22)29-23)7-6-31-8-10-35-11-9-31/h4-5,12-17H,6-11H2,1-3H3/b28-24+. The number of aromatic nitrogens is 5. The van der Waals surface area contributed by atoms with Crippen molar-refractivity contribution in [3.8, 4) is 22.8 Å². The molecule has 0 atom stereocenters. The molecule has 0 N–H and O–H groups in total. The van der Waals surface area contributed by atoms with Crippen molar-refractivity contribution >= 4 is 16.9 Å². The number of rotatable bonds is 7. The molecule has 0 saturated carbocycles. The predicted molar refractivity (Wildman–Crippen MR) is 132 cm³/mol. The van der Waals surface area contributed by atoms with Gasteiger partial charge in [-0.25, -0.2) is 9.98 Å². The molecule has 4 heterocycles. The molecule has 0 amide bonds. The van der Waals surface area contributed by atoms with E-state index in [1.54, 1.807) is 31.3 Å². The Morgan fingerprint density at radius 1 is 1.00 bits per heavy atom. The Kier molecular flexibility index (Phi) is 6.73. The van der Waals surface area contributed by atoms with Gasteiger partial charge in [-0.05, 0) is 12.1 Å². The molecule has 1 aromatic carbocycles. The van der Waals surface area contributed by atoms with Gasteiger partial charge in [0.05, 0.1) is 51.2 Å². The normalized spacial score (nSPS) is 15.0. The van der Waals surface area contributed by atoms with E-state index in [0.717, 1.165) is 66.4 Å². The van der Waals surface area contributed by atoms with Crippen LogP contribution in [0.3, 0.4) is 0 Å². The average molecular weight is 476 g/mol. The summed E-state index contributed by atoms with van der Waals surface area (Å²) in [6.07, 6.45) is 5.52. The number of hydrogen-bond donors (Lipinski definition) is 0. The highest BCUT2D eigenvalue weighted by Gasteiger charge is 2.13. The van der Waals surface area contributed by atoms with Crippen LogP contribution in [0.1, 0.15) is 0 Å². The second kappa shape index (κ2) is 10.2. The molecule has 1 aliphatic heterocycles. The summed E-state index contributed by atoms with van der Waals surface area (Å²) in [6.45, 7) is 4.91. The monoisotopic (exact) mass is 475 g/mol. The quantitative estimate of drug-likeness (QED) is 0.405. The summed E-state index contributed by atoms with van der Waals surface area (Å²) in [5, 5.41) is 4.28. The fourth-order valence-electron chi connectivity index (χ4n) is 4.12. The Hall–Kier alpha value is -3.76. The highest BCUT2D eigenvalue weighted by atomic mass is 16.5. The Bertz CT molecular complexity index is 1370. The summed E-state index contributed by atoms with van der Waals surface area (Å²) in [5.74, 6) is 1.37. The molecule has 0 unspecified atom stereocenters. The Labute approximate surface area is 203 Å². The molecule has 10 nitrogen and oxygen atoms in total. The van der Waals surface area contributed by atoms with Crippen LogP contribution in [0.5, 0.6) is 11.5 Å². The van der Waals surface area contributed by atoms with Gasteiger partial charge in [0.1, 0.15) is 22.5 Å². The van der Waals surface area contributed by atoms with E-state index in [1.165, 1.54) is 0 Å². The van der Waals surface area contributed by atoms with Crippen LogP contribution >= 0.6 is 0 Å². The summed E-state index contributed by atoms with van der Waals surface area (Å²) in [5.41, 5.74) is 4.78. The number of nitrogens with zero attached hydrogens (tertiary/aromatic N) is 7. The van der Waals surface area contributed by atoms with Gasteiger partial charge in [0, 0.05) is 63.2 Å². The molecular weight excluding hydrogens is 446 g/mol. The van der Waals surface area contributed by atoms with Crippen LogP contribution in [0.25, 0.3) is 22.4 Å². The van der Waals surface area contributed by atoms with Gasteiger partial charge in [0.15, 0.2) is 5.65 Å². The fourth-order valence-corrected chi connectivity index (χ4v) is 4.12. The van der Waals surface area contributed by atoms with Crippen molar-refractivity contribution in [2.75, 3.05) is 47.1 Å². The van der Waals surface area contributed by atoms with Crippen LogP contribution in [0.4, 0.5) is 5.69 Å². The zero-order valence-corrected chi connectivity index (χ0v) is 20.2. The average Bonchev–Trinajstić information content (AvgIpc) is 3.34. The van der Waals surface area contributed by atoms with E-state index in [4.69, 9.17) is 24.2 Å². The maximum Gasteiger partial charge on any atom is 0.160 e. The van der Waals surface area contributed by atoms with Gasteiger partial charge < -0.3 is 18.8 Å². The highest BCUT2D eigenvalue weighted by molar-refractivity contribution is 5.73. The summed E-state index contributed by atoms with van der Waals surface area (Å²) in [7, 11) is 5.15. The lowest BCUT2D eigenvalue weighted by Gasteiger charge is -2.27. The summed E-state index contributed by atoms with van der Waals surface area (Å²) < 4.78 is 20.3. The fraction of sp³-hybridized carbons (Fsp3) is 0.360. The number of morpholine rings is 1. The molecule has 0 aliphatic carbocycles. The lowest BCUT2D eigenvalue weighted by atomic mass is 10.2. The lowest BCUT2D eigenvalue weighted by Crippen LogP contribution is -2.39. The molecule has 3 aromatic heterocycles. The molecule has 35 heavy (non-hydrogen) atoms. The lowest BCUT2D eigenvalue weighted by molar-refractivity contribution is 0.0364. The first-order valence-corrected chi connectivity index (χ1v) is 11.6. The second-order valence-electron chi connectivity index (χ2n) is 8.35. The van der Waals surface area contributed by atoms with Crippen molar-refractivity contribution < 1.29 is 14.2 Å². The van der Waals surface area contributed by atoms with Crippen molar-refractivity contribution in [1.82, 2.24) is 29.2 Å². The van der Waals surface area contributed by atoms with Crippen LogP contribution < -0.4 is 15.0 Å². The van der Waals surface area contributed by atoms with Gasteiger partial charge in [0.25, 0.3) is 0 Å². The van der Waals surface area contributed by atoms with Gasteiger partial charge in [-0.1, -0.05) is 0 Å². The van der Waals surface area contributed by atoms with E-state index in [1.807, 2.05) is 43.6 Å². The number of methoxy groups -OCH3 is 2. The number of aryl methyl sites for hydroxylation is 1. The minimum absolute atomic E-state index is 0.683. The van der Waals surface area contributed by atoms with Crippen LogP contribution in [-0.2, 0) is 18.3 Å². The molecule has 0 bridgehead atoms. The van der Waals surface area contributed by atoms with Crippen molar-refractivity contribution in [3.63, 3.8) is 0 Å². The number of hydrogen-bond acceptors (Lipinski definition) is 8. The maximum atomic E-state index is 5.51. The summed E-state index contributed by atoms with van der Waals surface area (Å²) >= 11 is 0. The molecule has 0 radical (unpaired) electrons. The predicted octanol–water partition coefficient (Wildman–Crippen LogP) is 2.41.